The Hall–Kier alpha value is -4.39. The van der Waals surface area contributed by atoms with Crippen LogP contribution >= 0.6 is 0 Å². The van der Waals surface area contributed by atoms with Crippen molar-refractivity contribution in [3.8, 4) is 5.75 Å². The van der Waals surface area contributed by atoms with Crippen LogP contribution in [-0.4, -0.2) is 34.5 Å². The van der Waals surface area contributed by atoms with E-state index < -0.39 is 23.7 Å². The molecule has 7 nitrogen and oxygen atoms in total. The van der Waals surface area contributed by atoms with Crippen LogP contribution in [0.3, 0.4) is 0 Å². The van der Waals surface area contributed by atoms with E-state index >= 15 is 0 Å². The number of esters is 1. The van der Waals surface area contributed by atoms with Gasteiger partial charge in [0.05, 0.1) is 23.8 Å². The molecule has 0 radical (unpaired) electrons. The predicted molar refractivity (Wildman–Crippen MR) is 122 cm³/mol. The van der Waals surface area contributed by atoms with Crippen molar-refractivity contribution < 1.29 is 29.3 Å². The van der Waals surface area contributed by atoms with Crippen molar-refractivity contribution in [3.05, 3.63) is 101 Å². The smallest absolute Gasteiger partial charge is 0.338 e. The molecule has 1 unspecified atom stereocenters. The molecule has 0 aliphatic carbocycles. The summed E-state index contributed by atoms with van der Waals surface area (Å²) in [6.07, 6.45) is 0. The minimum Gasteiger partial charge on any atom is -0.508 e. The largest absolute Gasteiger partial charge is 0.508 e. The Balaban J connectivity index is 1.86. The first kappa shape index (κ1) is 21.8. The number of phenols is 1. The number of anilines is 1. The fraction of sp³-hybridized carbons (Fsp3) is 0.115. The molecule has 1 amide bonds. The van der Waals surface area contributed by atoms with Crippen LogP contribution in [0, 0.1) is 0 Å². The summed E-state index contributed by atoms with van der Waals surface area (Å²) in [5.74, 6) is -2.54. The molecule has 1 aliphatic heterocycles. The van der Waals surface area contributed by atoms with Gasteiger partial charge in [0, 0.05) is 11.3 Å². The number of ketones is 1. The third-order valence-corrected chi connectivity index (χ3v) is 5.33. The first-order chi connectivity index (χ1) is 15.9. The summed E-state index contributed by atoms with van der Waals surface area (Å²) in [5.41, 5.74) is 1.40. The first-order valence-electron chi connectivity index (χ1n) is 10.3. The molecule has 0 aromatic heterocycles. The molecule has 0 saturated carbocycles. The third kappa shape index (κ3) is 4.08. The lowest BCUT2D eigenvalue weighted by molar-refractivity contribution is -0.132. The Bertz CT molecular complexity index is 1250. The highest BCUT2D eigenvalue weighted by Crippen LogP contribution is 2.42. The normalized spacial score (nSPS) is 17.2. The molecule has 1 fully saturated rings. The summed E-state index contributed by atoms with van der Waals surface area (Å²) in [5, 5.41) is 21.0. The van der Waals surface area contributed by atoms with Gasteiger partial charge in [0.2, 0.25) is 0 Å². The zero-order chi connectivity index (χ0) is 23.5. The third-order valence-electron chi connectivity index (χ3n) is 5.33. The lowest BCUT2D eigenvalue weighted by Gasteiger charge is -2.25. The molecule has 1 aliphatic rings. The standard InChI is InChI=1S/C26H21NO6/c1-2-33-26(32)17-11-13-19(14-12-17)27-22(18-9-6-10-20(28)15-18)21(24(30)25(27)31)23(29)16-7-4-3-5-8-16/h3-15,22,28-29H,2H2,1H3/b23-21+. The second-order valence-electron chi connectivity index (χ2n) is 7.40. The van der Waals surface area contributed by atoms with Crippen molar-refractivity contribution in [2.24, 2.45) is 0 Å². The van der Waals surface area contributed by atoms with E-state index in [-0.39, 0.29) is 23.7 Å². The second kappa shape index (κ2) is 9.00. The topological polar surface area (TPSA) is 104 Å². The van der Waals surface area contributed by atoms with E-state index in [1.165, 1.54) is 41.3 Å². The average Bonchev–Trinajstić information content (AvgIpc) is 3.10. The number of aliphatic hydroxyl groups is 1. The maximum atomic E-state index is 13.1. The number of benzene rings is 3. The molecule has 7 heteroatoms. The van der Waals surface area contributed by atoms with Gasteiger partial charge in [-0.1, -0.05) is 42.5 Å². The van der Waals surface area contributed by atoms with Crippen molar-refractivity contribution in [2.45, 2.75) is 13.0 Å². The molecule has 3 aromatic carbocycles. The predicted octanol–water partition coefficient (Wildman–Crippen LogP) is 4.20. The molecular formula is C26H21NO6. The van der Waals surface area contributed by atoms with Gasteiger partial charge in [-0.05, 0) is 48.9 Å². The molecule has 33 heavy (non-hydrogen) atoms. The zero-order valence-electron chi connectivity index (χ0n) is 17.8. The molecule has 1 saturated heterocycles. The number of aromatic hydroxyl groups is 1. The van der Waals surface area contributed by atoms with E-state index in [1.54, 1.807) is 49.4 Å². The van der Waals surface area contributed by atoms with Crippen molar-refractivity contribution in [3.63, 3.8) is 0 Å². The Labute approximate surface area is 190 Å². The van der Waals surface area contributed by atoms with Crippen LogP contribution in [0.5, 0.6) is 5.75 Å². The monoisotopic (exact) mass is 443 g/mol. The highest BCUT2D eigenvalue weighted by Gasteiger charge is 2.47. The number of hydrogen-bond donors (Lipinski definition) is 2. The molecular weight excluding hydrogens is 422 g/mol. The number of aliphatic hydroxyl groups excluding tert-OH is 1. The Morgan fingerprint density at radius 2 is 1.64 bits per heavy atom. The van der Waals surface area contributed by atoms with E-state index in [9.17, 15) is 24.6 Å². The van der Waals surface area contributed by atoms with Crippen molar-refractivity contribution in [2.75, 3.05) is 11.5 Å². The highest BCUT2D eigenvalue weighted by atomic mass is 16.5. The van der Waals surface area contributed by atoms with Crippen LogP contribution in [0.1, 0.15) is 34.5 Å². The van der Waals surface area contributed by atoms with Gasteiger partial charge in [-0.3, -0.25) is 14.5 Å². The van der Waals surface area contributed by atoms with Crippen molar-refractivity contribution in [1.82, 2.24) is 0 Å². The number of carbonyl (C=O) groups is 3. The van der Waals surface area contributed by atoms with Crippen LogP contribution < -0.4 is 4.90 Å². The number of amides is 1. The maximum Gasteiger partial charge on any atom is 0.338 e. The fourth-order valence-electron chi connectivity index (χ4n) is 3.83. The van der Waals surface area contributed by atoms with Crippen LogP contribution in [0.15, 0.2) is 84.4 Å². The van der Waals surface area contributed by atoms with Crippen LogP contribution in [0.4, 0.5) is 5.69 Å². The molecule has 0 spiro atoms. The van der Waals surface area contributed by atoms with Gasteiger partial charge < -0.3 is 14.9 Å². The summed E-state index contributed by atoms with van der Waals surface area (Å²) in [4.78, 5) is 39.4. The lowest BCUT2D eigenvalue weighted by atomic mass is 9.95. The summed E-state index contributed by atoms with van der Waals surface area (Å²) >= 11 is 0. The van der Waals surface area contributed by atoms with E-state index in [0.29, 0.717) is 22.4 Å². The molecule has 0 bridgehead atoms. The minimum absolute atomic E-state index is 0.0459. The molecule has 166 valence electrons. The second-order valence-corrected chi connectivity index (χ2v) is 7.40. The lowest BCUT2D eigenvalue weighted by Crippen LogP contribution is -2.29. The molecule has 1 heterocycles. The van der Waals surface area contributed by atoms with Crippen molar-refractivity contribution >= 4 is 29.1 Å². The Kier molecular flexibility index (Phi) is 5.95. The minimum atomic E-state index is -0.981. The number of ether oxygens (including phenoxy) is 1. The molecule has 4 rings (SSSR count). The number of Topliss-reactive ketones (excluding diaryl/α,β-unsaturated/α-hetero) is 1. The van der Waals surface area contributed by atoms with E-state index in [4.69, 9.17) is 4.74 Å². The van der Waals surface area contributed by atoms with E-state index in [1.807, 2.05) is 0 Å². The number of carbonyl (C=O) groups excluding carboxylic acids is 3. The summed E-state index contributed by atoms with van der Waals surface area (Å²) in [7, 11) is 0. The maximum absolute atomic E-state index is 13.1. The van der Waals surface area contributed by atoms with Crippen LogP contribution in [0.25, 0.3) is 5.76 Å². The van der Waals surface area contributed by atoms with Crippen molar-refractivity contribution in [1.29, 1.82) is 0 Å². The number of hydrogen-bond acceptors (Lipinski definition) is 6. The fourth-order valence-corrected chi connectivity index (χ4v) is 3.83. The van der Waals surface area contributed by atoms with Gasteiger partial charge in [0.15, 0.2) is 0 Å². The molecule has 1 atom stereocenters. The summed E-state index contributed by atoms with van der Waals surface area (Å²) in [6, 6.07) is 19.7. The quantitative estimate of drug-likeness (QED) is 0.265. The Morgan fingerprint density at radius 1 is 0.939 bits per heavy atom. The van der Waals surface area contributed by atoms with Crippen LogP contribution in [0.2, 0.25) is 0 Å². The van der Waals surface area contributed by atoms with Gasteiger partial charge in [-0.2, -0.15) is 0 Å². The van der Waals surface area contributed by atoms with Gasteiger partial charge >= 0.3 is 5.97 Å². The zero-order valence-corrected chi connectivity index (χ0v) is 17.8. The first-order valence-corrected chi connectivity index (χ1v) is 10.3. The molecule has 3 aromatic rings. The average molecular weight is 443 g/mol. The number of nitrogens with zero attached hydrogens (tertiary/aromatic N) is 1. The number of phenolic OH excluding ortho intramolecular Hbond substituents is 1. The van der Waals surface area contributed by atoms with Gasteiger partial charge in [0.25, 0.3) is 11.7 Å². The van der Waals surface area contributed by atoms with Gasteiger partial charge in [-0.15, -0.1) is 0 Å². The van der Waals surface area contributed by atoms with E-state index in [0.717, 1.165) is 0 Å². The molecule has 2 N–H and O–H groups in total. The number of rotatable bonds is 5. The Morgan fingerprint density at radius 3 is 2.27 bits per heavy atom. The SMILES string of the molecule is CCOC(=O)c1ccc(N2C(=O)C(=O)/C(=C(/O)c3ccccc3)C2c2cccc(O)c2)cc1. The van der Waals surface area contributed by atoms with E-state index in [2.05, 4.69) is 0 Å². The van der Waals surface area contributed by atoms with Gasteiger partial charge in [0.1, 0.15) is 11.5 Å². The van der Waals surface area contributed by atoms with Gasteiger partial charge in [-0.25, -0.2) is 4.79 Å². The highest BCUT2D eigenvalue weighted by molar-refractivity contribution is 6.51. The summed E-state index contributed by atoms with van der Waals surface area (Å²) in [6.45, 7) is 1.93. The van der Waals surface area contributed by atoms with Crippen LogP contribution in [-0.2, 0) is 14.3 Å². The summed E-state index contributed by atoms with van der Waals surface area (Å²) < 4.78 is 4.99.